The van der Waals surface area contributed by atoms with Crippen LogP contribution in [0.15, 0.2) is 53.8 Å². The summed E-state index contributed by atoms with van der Waals surface area (Å²) in [6.07, 6.45) is 14.0. The molecule has 4 heteroatoms. The lowest BCUT2D eigenvalue weighted by Gasteiger charge is -2.39. The number of ether oxygens (including phenoxy) is 1. The lowest BCUT2D eigenvalue weighted by Crippen LogP contribution is -2.46. The third-order valence-electron chi connectivity index (χ3n) is 6.03. The number of carbonyl (C=O) groups is 1. The number of carbonyl (C=O) groups excluding carboxylic acids is 1. The third kappa shape index (κ3) is 4.04. The fourth-order valence-corrected chi connectivity index (χ4v) is 4.72. The number of aldehydes is 1. The Balaban J connectivity index is 1.58. The molecule has 0 saturated heterocycles. The van der Waals surface area contributed by atoms with Gasteiger partial charge in [0.25, 0.3) is 0 Å². The van der Waals surface area contributed by atoms with E-state index in [0.717, 1.165) is 61.2 Å². The van der Waals surface area contributed by atoms with Crippen LogP contribution in [-0.2, 0) is 9.53 Å². The van der Waals surface area contributed by atoms with E-state index in [9.17, 15) is 4.79 Å². The normalized spacial score (nSPS) is 30.5. The summed E-state index contributed by atoms with van der Waals surface area (Å²) in [4.78, 5) is 11.4. The second-order valence-electron chi connectivity index (χ2n) is 8.03. The predicted molar refractivity (Wildman–Crippen MR) is 109 cm³/mol. The van der Waals surface area contributed by atoms with E-state index in [0.29, 0.717) is 12.3 Å². The molecule has 0 aromatic heterocycles. The van der Waals surface area contributed by atoms with Crippen molar-refractivity contribution in [1.29, 1.82) is 0 Å². The Kier molecular flexibility index (Phi) is 5.25. The zero-order chi connectivity index (χ0) is 18.9. The highest BCUT2D eigenvalue weighted by Gasteiger charge is 2.37. The van der Waals surface area contributed by atoms with Crippen molar-refractivity contribution in [3.05, 3.63) is 64.4 Å². The summed E-state index contributed by atoms with van der Waals surface area (Å²) < 4.78 is 6.43. The molecule has 142 valence electrons. The number of nitrogens with two attached hydrogens (primary N) is 1. The Morgan fingerprint density at radius 1 is 1.26 bits per heavy atom. The molecule has 1 saturated carbocycles. The molecule has 2 N–H and O–H groups in total. The second-order valence-corrected chi connectivity index (χ2v) is 8.47. The summed E-state index contributed by atoms with van der Waals surface area (Å²) >= 11 is 6.19. The SMILES string of the molecule is NC1(C=O)CCC2CCC(OC3=C(c4cccc(Cl)c4)CCC=C3)C=C2C1. The molecule has 1 fully saturated rings. The largest absolute Gasteiger partial charge is 0.486 e. The van der Waals surface area contributed by atoms with E-state index in [1.807, 2.05) is 18.2 Å². The lowest BCUT2D eigenvalue weighted by molar-refractivity contribution is -0.113. The zero-order valence-corrected chi connectivity index (χ0v) is 16.3. The molecular formula is C23H26ClNO2. The second kappa shape index (κ2) is 7.65. The molecule has 3 aliphatic rings. The minimum atomic E-state index is -0.694. The van der Waals surface area contributed by atoms with Crippen LogP contribution in [0.1, 0.15) is 50.5 Å². The number of benzene rings is 1. The number of fused-ring (bicyclic) bond motifs is 1. The van der Waals surface area contributed by atoms with Crippen LogP contribution >= 0.6 is 11.6 Å². The molecule has 3 atom stereocenters. The molecule has 0 aliphatic heterocycles. The molecule has 0 spiro atoms. The van der Waals surface area contributed by atoms with E-state index in [2.05, 4.69) is 24.3 Å². The average molecular weight is 384 g/mol. The zero-order valence-electron chi connectivity index (χ0n) is 15.5. The molecule has 3 unspecified atom stereocenters. The highest BCUT2D eigenvalue weighted by atomic mass is 35.5. The number of allylic oxidation sites excluding steroid dienone is 3. The maximum atomic E-state index is 11.4. The summed E-state index contributed by atoms with van der Waals surface area (Å²) in [6, 6.07) is 7.97. The smallest absolute Gasteiger partial charge is 0.140 e. The maximum Gasteiger partial charge on any atom is 0.140 e. The highest BCUT2D eigenvalue weighted by Crippen LogP contribution is 2.41. The Morgan fingerprint density at radius 3 is 2.96 bits per heavy atom. The maximum absolute atomic E-state index is 11.4. The first-order valence-electron chi connectivity index (χ1n) is 9.84. The molecule has 3 aliphatic carbocycles. The molecular weight excluding hydrogens is 358 g/mol. The number of hydrogen-bond acceptors (Lipinski definition) is 3. The van der Waals surface area contributed by atoms with Gasteiger partial charge in [-0.05, 0) is 80.7 Å². The Hall–Kier alpha value is -1.84. The molecule has 4 rings (SSSR count). The van der Waals surface area contributed by atoms with Crippen molar-refractivity contribution in [3.8, 4) is 0 Å². The summed E-state index contributed by atoms with van der Waals surface area (Å²) in [5.74, 6) is 1.50. The first kappa shape index (κ1) is 18.5. The van der Waals surface area contributed by atoms with E-state index in [4.69, 9.17) is 22.1 Å². The first-order chi connectivity index (χ1) is 13.1. The van der Waals surface area contributed by atoms with Crippen molar-refractivity contribution in [1.82, 2.24) is 0 Å². The molecule has 1 aromatic carbocycles. The van der Waals surface area contributed by atoms with Crippen molar-refractivity contribution in [3.63, 3.8) is 0 Å². The van der Waals surface area contributed by atoms with Crippen LogP contribution in [0.3, 0.4) is 0 Å². The van der Waals surface area contributed by atoms with Crippen molar-refractivity contribution < 1.29 is 9.53 Å². The molecule has 0 radical (unpaired) electrons. The summed E-state index contributed by atoms with van der Waals surface area (Å²) in [7, 11) is 0. The number of rotatable bonds is 4. The van der Waals surface area contributed by atoms with E-state index in [1.54, 1.807) is 0 Å². The van der Waals surface area contributed by atoms with Gasteiger partial charge in [-0.25, -0.2) is 0 Å². The number of halogens is 1. The van der Waals surface area contributed by atoms with Gasteiger partial charge in [0.15, 0.2) is 0 Å². The van der Waals surface area contributed by atoms with Crippen LogP contribution < -0.4 is 5.73 Å². The summed E-state index contributed by atoms with van der Waals surface area (Å²) in [6.45, 7) is 0. The van der Waals surface area contributed by atoms with Crippen molar-refractivity contribution >= 4 is 23.5 Å². The molecule has 0 bridgehead atoms. The minimum Gasteiger partial charge on any atom is -0.486 e. The van der Waals surface area contributed by atoms with E-state index in [1.165, 1.54) is 11.1 Å². The van der Waals surface area contributed by atoms with E-state index < -0.39 is 5.54 Å². The van der Waals surface area contributed by atoms with Gasteiger partial charge in [0.05, 0.1) is 5.54 Å². The predicted octanol–water partition coefficient (Wildman–Crippen LogP) is 5.20. The Morgan fingerprint density at radius 2 is 2.15 bits per heavy atom. The van der Waals surface area contributed by atoms with Crippen LogP contribution in [0, 0.1) is 5.92 Å². The quantitative estimate of drug-likeness (QED) is 0.574. The van der Waals surface area contributed by atoms with Gasteiger partial charge in [-0.2, -0.15) is 0 Å². The lowest BCUT2D eigenvalue weighted by atomic mass is 9.70. The standard InChI is InChI=1S/C23H26ClNO2/c24-19-5-3-4-17(12-19)21-6-1-2-7-22(21)27-20-9-8-16-10-11-23(25,15-26)14-18(16)13-20/h2-5,7,12-13,15-16,20H,1,6,8-11,14,25H2. The van der Waals surface area contributed by atoms with Crippen LogP contribution in [0.4, 0.5) is 0 Å². The van der Waals surface area contributed by atoms with Gasteiger partial charge in [0.1, 0.15) is 18.1 Å². The van der Waals surface area contributed by atoms with Gasteiger partial charge in [-0.15, -0.1) is 0 Å². The molecule has 0 heterocycles. The summed E-state index contributed by atoms with van der Waals surface area (Å²) in [5, 5.41) is 0.742. The van der Waals surface area contributed by atoms with Gasteiger partial charge < -0.3 is 15.3 Å². The average Bonchev–Trinajstić information content (AvgIpc) is 2.68. The van der Waals surface area contributed by atoms with E-state index >= 15 is 0 Å². The molecule has 0 amide bonds. The van der Waals surface area contributed by atoms with Gasteiger partial charge in [0, 0.05) is 10.6 Å². The fourth-order valence-electron chi connectivity index (χ4n) is 4.53. The van der Waals surface area contributed by atoms with E-state index in [-0.39, 0.29) is 6.10 Å². The van der Waals surface area contributed by atoms with Gasteiger partial charge in [-0.3, -0.25) is 0 Å². The highest BCUT2D eigenvalue weighted by molar-refractivity contribution is 6.30. The topological polar surface area (TPSA) is 52.3 Å². The van der Waals surface area contributed by atoms with Crippen LogP contribution in [-0.4, -0.2) is 17.9 Å². The minimum absolute atomic E-state index is 0.0391. The molecule has 3 nitrogen and oxygen atoms in total. The third-order valence-corrected chi connectivity index (χ3v) is 6.26. The Bertz CT molecular complexity index is 825. The fraction of sp³-hybridized carbons (Fsp3) is 0.435. The van der Waals surface area contributed by atoms with Crippen LogP contribution in [0.5, 0.6) is 0 Å². The first-order valence-corrected chi connectivity index (χ1v) is 10.2. The number of hydrogen-bond donors (Lipinski definition) is 1. The van der Waals surface area contributed by atoms with Gasteiger partial charge in [-0.1, -0.05) is 35.4 Å². The molecule has 27 heavy (non-hydrogen) atoms. The van der Waals surface area contributed by atoms with Crippen molar-refractivity contribution in [2.45, 2.75) is 56.6 Å². The van der Waals surface area contributed by atoms with Crippen LogP contribution in [0.2, 0.25) is 5.02 Å². The van der Waals surface area contributed by atoms with Crippen LogP contribution in [0.25, 0.3) is 5.57 Å². The van der Waals surface area contributed by atoms with Crippen molar-refractivity contribution in [2.75, 3.05) is 0 Å². The monoisotopic (exact) mass is 383 g/mol. The summed E-state index contributed by atoms with van der Waals surface area (Å²) in [5.41, 5.74) is 9.17. The molecule has 1 aromatic rings. The Labute approximate surface area is 165 Å². The van der Waals surface area contributed by atoms with Gasteiger partial charge in [0.2, 0.25) is 0 Å². The van der Waals surface area contributed by atoms with Gasteiger partial charge >= 0.3 is 0 Å². The van der Waals surface area contributed by atoms with Crippen molar-refractivity contribution in [2.24, 2.45) is 11.7 Å².